The van der Waals surface area contributed by atoms with Gasteiger partial charge in [0.25, 0.3) is 0 Å². The number of hydrogen-bond donors (Lipinski definition) is 2. The first-order chi connectivity index (χ1) is 15.1. The number of hydrogen-bond acceptors (Lipinski definition) is 2. The summed E-state index contributed by atoms with van der Waals surface area (Å²) < 4.78 is 15.0. The molecular formula is C28H37FN2O. The van der Waals surface area contributed by atoms with Crippen LogP contribution < -0.4 is 10.6 Å². The molecule has 4 heteroatoms. The molecule has 2 aromatic rings. The Hall–Kier alpha value is -2.62. The number of anilines is 1. The molecular weight excluding hydrogens is 399 g/mol. The molecule has 3 rings (SSSR count). The summed E-state index contributed by atoms with van der Waals surface area (Å²) in [6.07, 6.45) is 6.63. The van der Waals surface area contributed by atoms with Gasteiger partial charge in [-0.3, -0.25) is 4.79 Å². The normalized spacial score (nSPS) is 14.8. The summed E-state index contributed by atoms with van der Waals surface area (Å²) in [5, 5.41) is 6.32. The number of benzene rings is 2. The summed E-state index contributed by atoms with van der Waals surface area (Å²) in [6.45, 7) is 14.1. The van der Waals surface area contributed by atoms with Crippen LogP contribution in [0.4, 0.5) is 10.1 Å². The van der Waals surface area contributed by atoms with Crippen molar-refractivity contribution in [2.75, 3.05) is 5.32 Å². The fourth-order valence-electron chi connectivity index (χ4n) is 4.73. The molecule has 0 heterocycles. The predicted molar refractivity (Wildman–Crippen MR) is 134 cm³/mol. The number of carbonyl (C=O) groups is 1. The van der Waals surface area contributed by atoms with Gasteiger partial charge >= 0.3 is 0 Å². The number of halogens is 1. The Kier molecular flexibility index (Phi) is 7.43. The Morgan fingerprint density at radius 1 is 1.03 bits per heavy atom. The third-order valence-electron chi connectivity index (χ3n) is 6.79. The molecule has 32 heavy (non-hydrogen) atoms. The van der Waals surface area contributed by atoms with Gasteiger partial charge in [-0.05, 0) is 118 Å². The van der Waals surface area contributed by atoms with Crippen LogP contribution in [0.5, 0.6) is 0 Å². The van der Waals surface area contributed by atoms with Crippen LogP contribution in [0.3, 0.4) is 0 Å². The van der Waals surface area contributed by atoms with Crippen LogP contribution in [-0.2, 0) is 4.79 Å². The maximum atomic E-state index is 15.0. The predicted octanol–water partition coefficient (Wildman–Crippen LogP) is 7.01. The van der Waals surface area contributed by atoms with Crippen LogP contribution in [0.2, 0.25) is 0 Å². The minimum Gasteiger partial charge on any atom is -0.380 e. The molecule has 0 aromatic heterocycles. The highest BCUT2D eigenvalue weighted by Crippen LogP contribution is 2.37. The quantitative estimate of drug-likeness (QED) is 0.478. The van der Waals surface area contributed by atoms with Gasteiger partial charge in [-0.25, -0.2) is 4.39 Å². The lowest BCUT2D eigenvalue weighted by Crippen LogP contribution is -2.30. The van der Waals surface area contributed by atoms with E-state index in [4.69, 9.17) is 0 Å². The van der Waals surface area contributed by atoms with E-state index in [0.29, 0.717) is 17.3 Å². The van der Waals surface area contributed by atoms with Crippen molar-refractivity contribution in [3.8, 4) is 11.1 Å². The van der Waals surface area contributed by atoms with Gasteiger partial charge in [-0.1, -0.05) is 18.9 Å². The van der Waals surface area contributed by atoms with Gasteiger partial charge < -0.3 is 10.6 Å². The van der Waals surface area contributed by atoms with Crippen molar-refractivity contribution in [2.24, 2.45) is 0 Å². The van der Waals surface area contributed by atoms with Crippen molar-refractivity contribution in [3.05, 3.63) is 57.4 Å². The zero-order valence-corrected chi connectivity index (χ0v) is 20.6. The minimum atomic E-state index is -0.200. The second-order valence-electron chi connectivity index (χ2n) is 9.56. The molecule has 0 unspecified atom stereocenters. The van der Waals surface area contributed by atoms with Crippen LogP contribution >= 0.6 is 0 Å². The van der Waals surface area contributed by atoms with Gasteiger partial charge in [0.05, 0.1) is 5.69 Å². The summed E-state index contributed by atoms with van der Waals surface area (Å²) in [4.78, 5) is 12.4. The average molecular weight is 437 g/mol. The first-order valence-corrected chi connectivity index (χ1v) is 11.8. The van der Waals surface area contributed by atoms with Crippen molar-refractivity contribution < 1.29 is 9.18 Å². The lowest BCUT2D eigenvalue weighted by Gasteiger charge is -2.21. The SMILES string of the molecule is C/C(=C\c1c(C)c(C)c(-c2ccc(NC3CCCC3)c(F)c2)c(C)c1C)C(=O)NC(C)C. The molecule has 0 bridgehead atoms. The van der Waals surface area contributed by atoms with Crippen molar-refractivity contribution in [3.63, 3.8) is 0 Å². The lowest BCUT2D eigenvalue weighted by molar-refractivity contribution is -0.117. The Bertz CT molecular complexity index is 1020. The molecule has 0 saturated heterocycles. The molecule has 3 nitrogen and oxygen atoms in total. The van der Waals surface area contributed by atoms with E-state index < -0.39 is 0 Å². The van der Waals surface area contributed by atoms with Crippen molar-refractivity contribution in [1.29, 1.82) is 0 Å². The second-order valence-corrected chi connectivity index (χ2v) is 9.56. The van der Waals surface area contributed by atoms with E-state index in [9.17, 15) is 9.18 Å². The molecule has 1 aliphatic carbocycles. The molecule has 0 radical (unpaired) electrons. The molecule has 1 amide bonds. The molecule has 2 N–H and O–H groups in total. The zero-order chi connectivity index (χ0) is 23.6. The standard InChI is InChI=1S/C28H37FN2O/c1-16(2)30-28(32)17(3)14-24-18(4)20(6)27(21(7)19(24)5)22-12-13-26(25(29)15-22)31-23-10-8-9-11-23/h12-16,23,31H,8-11H2,1-7H3,(H,30,32)/b17-14+. The summed E-state index contributed by atoms with van der Waals surface area (Å²) in [5.74, 6) is -0.251. The number of carbonyl (C=O) groups excluding carboxylic acids is 1. The van der Waals surface area contributed by atoms with Crippen molar-refractivity contribution in [1.82, 2.24) is 5.32 Å². The molecule has 2 aromatic carbocycles. The van der Waals surface area contributed by atoms with E-state index >= 15 is 0 Å². The van der Waals surface area contributed by atoms with Crippen molar-refractivity contribution >= 4 is 17.7 Å². The van der Waals surface area contributed by atoms with Crippen LogP contribution in [0.1, 0.15) is 74.3 Å². The lowest BCUT2D eigenvalue weighted by atomic mass is 9.85. The van der Waals surface area contributed by atoms with E-state index in [-0.39, 0.29) is 17.8 Å². The third kappa shape index (κ3) is 5.06. The molecule has 0 aliphatic heterocycles. The van der Waals surface area contributed by atoms with E-state index in [1.165, 1.54) is 12.8 Å². The summed E-state index contributed by atoms with van der Waals surface area (Å²) >= 11 is 0. The summed E-state index contributed by atoms with van der Waals surface area (Å²) in [6, 6.07) is 6.03. The molecule has 172 valence electrons. The molecule has 1 fully saturated rings. The molecule has 1 aliphatic rings. The first kappa shape index (κ1) is 24.0. The molecule has 1 saturated carbocycles. The Morgan fingerprint density at radius 3 is 2.16 bits per heavy atom. The van der Waals surface area contributed by atoms with Gasteiger partial charge in [0.2, 0.25) is 5.91 Å². The Morgan fingerprint density at radius 2 is 1.62 bits per heavy atom. The van der Waals surface area contributed by atoms with Crippen LogP contribution in [-0.4, -0.2) is 18.0 Å². The smallest absolute Gasteiger partial charge is 0.247 e. The maximum absolute atomic E-state index is 15.0. The van der Waals surface area contributed by atoms with Crippen LogP contribution in [0.15, 0.2) is 23.8 Å². The summed E-state index contributed by atoms with van der Waals surface area (Å²) in [7, 11) is 0. The summed E-state index contributed by atoms with van der Waals surface area (Å²) in [5.41, 5.74) is 8.79. The third-order valence-corrected chi connectivity index (χ3v) is 6.79. The molecule has 0 spiro atoms. The van der Waals surface area contributed by atoms with Crippen molar-refractivity contribution in [2.45, 2.75) is 86.2 Å². The van der Waals surface area contributed by atoms with Gasteiger partial charge in [0.1, 0.15) is 5.82 Å². The van der Waals surface area contributed by atoms with E-state index in [1.54, 1.807) is 6.07 Å². The largest absolute Gasteiger partial charge is 0.380 e. The zero-order valence-electron chi connectivity index (χ0n) is 20.6. The number of amides is 1. The molecule has 0 atom stereocenters. The minimum absolute atomic E-state index is 0.0504. The first-order valence-electron chi connectivity index (χ1n) is 11.8. The fourth-order valence-corrected chi connectivity index (χ4v) is 4.73. The second kappa shape index (κ2) is 9.89. The van der Waals surface area contributed by atoms with Gasteiger partial charge in [0.15, 0.2) is 0 Å². The highest BCUT2D eigenvalue weighted by atomic mass is 19.1. The Balaban J connectivity index is 1.98. The average Bonchev–Trinajstić information content (AvgIpc) is 3.24. The van der Waals surface area contributed by atoms with E-state index in [0.717, 1.165) is 51.8 Å². The van der Waals surface area contributed by atoms with E-state index in [1.807, 2.05) is 39.0 Å². The maximum Gasteiger partial charge on any atom is 0.247 e. The highest BCUT2D eigenvalue weighted by Gasteiger charge is 2.19. The topological polar surface area (TPSA) is 41.1 Å². The monoisotopic (exact) mass is 436 g/mol. The van der Waals surface area contributed by atoms with Gasteiger partial charge in [-0.15, -0.1) is 0 Å². The van der Waals surface area contributed by atoms with Crippen LogP contribution in [0, 0.1) is 33.5 Å². The Labute approximate surface area is 192 Å². The highest BCUT2D eigenvalue weighted by molar-refractivity contribution is 5.98. The van der Waals surface area contributed by atoms with Gasteiger partial charge in [-0.2, -0.15) is 0 Å². The van der Waals surface area contributed by atoms with Crippen LogP contribution in [0.25, 0.3) is 17.2 Å². The number of nitrogens with one attached hydrogen (secondary N) is 2. The fraction of sp³-hybridized carbons (Fsp3) is 0.464. The number of rotatable bonds is 6. The van der Waals surface area contributed by atoms with Gasteiger partial charge in [0, 0.05) is 17.7 Å². The van der Waals surface area contributed by atoms with E-state index in [2.05, 4.69) is 38.3 Å².